The maximum absolute atomic E-state index is 3.39. The Hall–Kier alpha value is 0.324. The van der Waals surface area contributed by atoms with Crippen LogP contribution in [0.5, 0.6) is 0 Å². The van der Waals surface area contributed by atoms with E-state index in [9.17, 15) is 0 Å². The normalized spacial score (nSPS) is 29.9. The molecule has 2 saturated carbocycles. The molecule has 0 spiro atoms. The van der Waals surface area contributed by atoms with Crippen molar-refractivity contribution in [3.8, 4) is 0 Å². The van der Waals surface area contributed by atoms with Crippen LogP contribution >= 0.6 is 0 Å². The van der Waals surface area contributed by atoms with Crippen molar-refractivity contribution in [2.75, 3.05) is 0 Å². The summed E-state index contributed by atoms with van der Waals surface area (Å²) in [5.74, 6) is 4.17. The van der Waals surface area contributed by atoms with Crippen molar-refractivity contribution in [3.05, 3.63) is 34.9 Å². The van der Waals surface area contributed by atoms with Gasteiger partial charge in [0.1, 0.15) is 0 Å². The number of hydrogen-bond donors (Lipinski definition) is 0. The second kappa shape index (κ2) is 10.6. The Bertz CT molecular complexity index is 485. The predicted octanol–water partition coefficient (Wildman–Crippen LogP) is 7.06. The zero-order chi connectivity index (χ0) is 16.9. The van der Waals surface area contributed by atoms with Gasteiger partial charge in [-0.15, -0.1) is 0 Å². The van der Waals surface area contributed by atoms with Gasteiger partial charge >= 0.3 is 32.7 Å². The van der Waals surface area contributed by atoms with Crippen molar-refractivity contribution in [1.29, 1.82) is 0 Å². The molecule has 0 amide bonds. The maximum Gasteiger partial charge on any atom is 3.00 e. The van der Waals surface area contributed by atoms with Crippen LogP contribution in [0.25, 0.3) is 0 Å². The van der Waals surface area contributed by atoms with Gasteiger partial charge in [0.25, 0.3) is 0 Å². The van der Waals surface area contributed by atoms with E-state index in [0.717, 1.165) is 23.7 Å². The van der Waals surface area contributed by atoms with Crippen LogP contribution in [0.4, 0.5) is 0 Å². The van der Waals surface area contributed by atoms with Gasteiger partial charge in [-0.1, -0.05) is 65.7 Å². The van der Waals surface area contributed by atoms with Crippen LogP contribution in [0, 0.1) is 43.6 Å². The maximum atomic E-state index is 3.39. The molecule has 3 rings (SSSR count). The second-order valence-corrected chi connectivity index (χ2v) is 9.05. The summed E-state index contributed by atoms with van der Waals surface area (Å²) in [6.07, 6.45) is 16.2. The molecular formula is C24H37Y+2. The third-order valence-electron chi connectivity index (χ3n) is 6.89. The summed E-state index contributed by atoms with van der Waals surface area (Å²) in [6.45, 7) is 6.79. The number of rotatable bonds is 5. The van der Waals surface area contributed by atoms with Gasteiger partial charge in [0.15, 0.2) is 0 Å². The molecule has 25 heavy (non-hydrogen) atoms. The van der Waals surface area contributed by atoms with Crippen molar-refractivity contribution in [2.45, 2.75) is 91.4 Å². The van der Waals surface area contributed by atoms with Gasteiger partial charge in [-0.05, 0) is 49.4 Å². The molecule has 1 aromatic rings. The fourth-order valence-corrected chi connectivity index (χ4v) is 5.43. The fourth-order valence-electron chi connectivity index (χ4n) is 5.43. The Kier molecular flexibility index (Phi) is 9.17. The summed E-state index contributed by atoms with van der Waals surface area (Å²) in [6, 6.07) is 8.04. The van der Waals surface area contributed by atoms with Crippen molar-refractivity contribution in [1.82, 2.24) is 0 Å². The van der Waals surface area contributed by atoms with Gasteiger partial charge in [-0.3, -0.25) is 0 Å². The fraction of sp³-hybridized carbons (Fsp3) is 0.750. The molecule has 2 fully saturated rings. The second-order valence-electron chi connectivity index (χ2n) is 9.05. The van der Waals surface area contributed by atoms with E-state index in [1.54, 1.807) is 0 Å². The van der Waals surface area contributed by atoms with Crippen molar-refractivity contribution >= 4 is 0 Å². The van der Waals surface area contributed by atoms with Crippen LogP contribution in [-0.2, 0) is 39.1 Å². The number of benzene rings is 1. The summed E-state index contributed by atoms with van der Waals surface area (Å²) in [5.41, 5.74) is 4.12. The Balaban J connectivity index is 0.00000225. The quantitative estimate of drug-likeness (QED) is 0.453. The minimum atomic E-state index is 0. The van der Waals surface area contributed by atoms with Crippen LogP contribution in [0.15, 0.2) is 12.1 Å². The number of hydrogen-bond acceptors (Lipinski definition) is 0. The molecule has 0 bridgehead atoms. The Morgan fingerprint density at radius 2 is 1.36 bits per heavy atom. The monoisotopic (exact) mass is 414 g/mol. The predicted molar refractivity (Wildman–Crippen MR) is 104 cm³/mol. The molecule has 2 aliphatic carbocycles. The van der Waals surface area contributed by atoms with Gasteiger partial charge in [0.05, 0.1) is 0 Å². The molecule has 0 aliphatic heterocycles. The van der Waals surface area contributed by atoms with E-state index in [2.05, 4.69) is 39.0 Å². The molecular weight excluding hydrogens is 377 g/mol. The molecule has 0 aromatic heterocycles. The average molecular weight is 414 g/mol. The molecule has 0 N–H and O–H groups in total. The minimum absolute atomic E-state index is 0. The van der Waals surface area contributed by atoms with Crippen LogP contribution in [0.3, 0.4) is 0 Å². The first-order chi connectivity index (χ1) is 11.6. The molecule has 1 heteroatoms. The van der Waals surface area contributed by atoms with Gasteiger partial charge in [-0.25, -0.2) is 0 Å². The summed E-state index contributed by atoms with van der Waals surface area (Å²) in [5, 5.41) is 0. The first kappa shape index (κ1) is 21.6. The number of aryl methyl sites for hydroxylation is 3. The summed E-state index contributed by atoms with van der Waals surface area (Å²) in [4.78, 5) is 0. The summed E-state index contributed by atoms with van der Waals surface area (Å²) >= 11 is 0. The van der Waals surface area contributed by atoms with Gasteiger partial charge < -0.3 is 0 Å². The van der Waals surface area contributed by atoms with Crippen molar-refractivity contribution in [2.24, 2.45) is 23.7 Å². The molecule has 0 atom stereocenters. The molecule has 0 saturated heterocycles. The van der Waals surface area contributed by atoms with E-state index >= 15 is 0 Å². The van der Waals surface area contributed by atoms with Crippen molar-refractivity contribution < 1.29 is 32.7 Å². The Morgan fingerprint density at radius 3 is 1.92 bits per heavy atom. The molecule has 0 unspecified atom stereocenters. The zero-order valence-corrected chi connectivity index (χ0v) is 19.7. The van der Waals surface area contributed by atoms with Gasteiger partial charge in [0, 0.05) is 0 Å². The van der Waals surface area contributed by atoms with Crippen LogP contribution in [-0.4, -0.2) is 0 Å². The Morgan fingerprint density at radius 1 is 0.840 bits per heavy atom. The van der Waals surface area contributed by atoms with E-state index in [-0.39, 0.29) is 32.7 Å². The zero-order valence-electron chi connectivity index (χ0n) is 16.8. The average Bonchev–Trinajstić information content (AvgIpc) is 2.55. The molecule has 0 radical (unpaired) electrons. The largest absolute Gasteiger partial charge is 3.00 e. The van der Waals surface area contributed by atoms with Gasteiger partial charge in [-0.2, -0.15) is 34.9 Å². The third kappa shape index (κ3) is 6.77. The topological polar surface area (TPSA) is 0 Å². The van der Waals surface area contributed by atoms with Crippen molar-refractivity contribution in [3.63, 3.8) is 0 Å². The molecule has 134 valence electrons. The first-order valence-corrected chi connectivity index (χ1v) is 10.6. The summed E-state index contributed by atoms with van der Waals surface area (Å²) < 4.78 is 0. The van der Waals surface area contributed by atoms with E-state index in [0.29, 0.717) is 0 Å². The summed E-state index contributed by atoms with van der Waals surface area (Å²) in [7, 11) is 0. The van der Waals surface area contributed by atoms with E-state index in [1.165, 1.54) is 87.3 Å². The standard InChI is InChI=1S/C24H37.Y/c1-18-7-11-23(12-8-18)24-13-9-21(10-14-24)5-4-6-22-16-19(2)15-20(3)17-22;/h16-18,21,23-24H,4-14H2,1-3H3;/q-1;+3. The van der Waals surface area contributed by atoms with E-state index in [4.69, 9.17) is 0 Å². The smallest absolute Gasteiger partial charge is 0.177 e. The third-order valence-corrected chi connectivity index (χ3v) is 6.89. The molecule has 0 nitrogen and oxygen atoms in total. The van der Waals surface area contributed by atoms with Gasteiger partial charge in [0.2, 0.25) is 0 Å². The first-order valence-electron chi connectivity index (χ1n) is 10.6. The van der Waals surface area contributed by atoms with E-state index in [1.807, 2.05) is 0 Å². The SMILES string of the molecule is Cc1[c-]c(C)cc(CCCC2CCC(C3CCC(C)CC3)CC2)c1.[Y+3]. The van der Waals surface area contributed by atoms with Crippen LogP contribution in [0.1, 0.15) is 87.8 Å². The Labute approximate surface area is 181 Å². The molecule has 1 aromatic carbocycles. The van der Waals surface area contributed by atoms with Crippen LogP contribution < -0.4 is 0 Å². The van der Waals surface area contributed by atoms with E-state index < -0.39 is 0 Å². The molecule has 0 heterocycles. The minimum Gasteiger partial charge on any atom is -0.177 e. The molecule has 2 aliphatic rings. The van der Waals surface area contributed by atoms with Crippen LogP contribution in [0.2, 0.25) is 0 Å².